The Kier molecular flexibility index (Phi) is 5.82. The first-order valence-corrected chi connectivity index (χ1v) is 8.94. The fourth-order valence-corrected chi connectivity index (χ4v) is 3.57. The van der Waals surface area contributed by atoms with Gasteiger partial charge in [0.15, 0.2) is 0 Å². The summed E-state index contributed by atoms with van der Waals surface area (Å²) >= 11 is 0. The van der Waals surface area contributed by atoms with Crippen LogP contribution in [-0.2, 0) is 4.79 Å². The number of benzene rings is 2. The van der Waals surface area contributed by atoms with Crippen molar-refractivity contribution in [2.45, 2.75) is 37.8 Å². The summed E-state index contributed by atoms with van der Waals surface area (Å²) in [5.74, 6) is -0.184. The molecule has 1 aliphatic rings. The second-order valence-electron chi connectivity index (χ2n) is 6.83. The van der Waals surface area contributed by atoms with E-state index in [4.69, 9.17) is 0 Å². The molecule has 1 aliphatic heterocycles. The van der Waals surface area contributed by atoms with Gasteiger partial charge in [-0.2, -0.15) is 0 Å². The van der Waals surface area contributed by atoms with Crippen LogP contribution in [0.2, 0.25) is 0 Å². The Labute approximate surface area is 148 Å². The predicted molar refractivity (Wildman–Crippen MR) is 98.7 cm³/mol. The highest BCUT2D eigenvalue weighted by Crippen LogP contribution is 2.31. The molecule has 2 aromatic rings. The van der Waals surface area contributed by atoms with Crippen LogP contribution in [0.1, 0.15) is 37.3 Å². The number of nitrogens with zero attached hydrogens (tertiary/aromatic N) is 1. The predicted octanol–water partition coefficient (Wildman–Crippen LogP) is 4.15. The SMILES string of the molecule is CN(C=O)CCCC1CCC(c2cccc(-c3ccccc3F)c2)N1. The molecule has 0 spiro atoms. The second kappa shape index (κ2) is 8.26. The molecular formula is C21H25FN2O. The lowest BCUT2D eigenvalue weighted by Gasteiger charge is -2.17. The van der Waals surface area contributed by atoms with Crippen LogP contribution in [0, 0.1) is 5.82 Å². The fourth-order valence-electron chi connectivity index (χ4n) is 3.57. The standard InChI is InChI=1S/C21H25FN2O/c1-24(15-25)13-5-8-18-11-12-21(23-18)17-7-4-6-16(14-17)19-9-2-3-10-20(19)22/h2-4,6-7,9-10,14-15,18,21,23H,5,8,11-13H2,1H3. The summed E-state index contributed by atoms with van der Waals surface area (Å²) in [7, 11) is 1.81. The molecule has 0 aromatic heterocycles. The highest BCUT2D eigenvalue weighted by molar-refractivity contribution is 5.65. The maximum absolute atomic E-state index is 14.0. The maximum atomic E-state index is 14.0. The first-order valence-electron chi connectivity index (χ1n) is 8.94. The van der Waals surface area contributed by atoms with E-state index in [1.165, 1.54) is 11.6 Å². The molecule has 2 atom stereocenters. The minimum Gasteiger partial charge on any atom is -0.348 e. The number of hydrogen-bond acceptors (Lipinski definition) is 2. The minimum absolute atomic E-state index is 0.184. The highest BCUT2D eigenvalue weighted by Gasteiger charge is 2.24. The van der Waals surface area contributed by atoms with E-state index in [0.29, 0.717) is 17.6 Å². The average molecular weight is 340 g/mol. The Morgan fingerprint density at radius 1 is 1.20 bits per heavy atom. The van der Waals surface area contributed by atoms with Crippen LogP contribution < -0.4 is 5.32 Å². The van der Waals surface area contributed by atoms with Gasteiger partial charge in [-0.05, 0) is 48.9 Å². The van der Waals surface area contributed by atoms with Crippen LogP contribution >= 0.6 is 0 Å². The summed E-state index contributed by atoms with van der Waals surface area (Å²) in [5.41, 5.74) is 2.79. The van der Waals surface area contributed by atoms with Gasteiger partial charge in [-0.1, -0.05) is 36.4 Å². The van der Waals surface area contributed by atoms with Crippen molar-refractivity contribution in [3.8, 4) is 11.1 Å². The Morgan fingerprint density at radius 3 is 2.84 bits per heavy atom. The number of hydrogen-bond donors (Lipinski definition) is 1. The van der Waals surface area contributed by atoms with Gasteiger partial charge >= 0.3 is 0 Å². The third kappa shape index (κ3) is 4.45. The van der Waals surface area contributed by atoms with Crippen LogP contribution in [-0.4, -0.2) is 30.9 Å². The van der Waals surface area contributed by atoms with Crippen LogP contribution in [0.25, 0.3) is 11.1 Å². The molecule has 1 saturated heterocycles. The largest absolute Gasteiger partial charge is 0.348 e. The van der Waals surface area contributed by atoms with E-state index in [9.17, 15) is 9.18 Å². The van der Waals surface area contributed by atoms with Crippen molar-refractivity contribution in [1.82, 2.24) is 10.2 Å². The third-order valence-corrected chi connectivity index (χ3v) is 4.96. The molecule has 4 heteroatoms. The van der Waals surface area contributed by atoms with E-state index >= 15 is 0 Å². The molecule has 0 saturated carbocycles. The van der Waals surface area contributed by atoms with Crippen LogP contribution in [0.5, 0.6) is 0 Å². The summed E-state index contributed by atoms with van der Waals surface area (Å²) < 4.78 is 14.0. The topological polar surface area (TPSA) is 32.3 Å². The molecule has 2 unspecified atom stereocenters. The Morgan fingerprint density at radius 2 is 2.04 bits per heavy atom. The summed E-state index contributed by atoms with van der Waals surface area (Å²) in [6.07, 6.45) is 5.18. The normalized spacial score (nSPS) is 19.8. The Bertz CT molecular complexity index is 719. The lowest BCUT2D eigenvalue weighted by molar-refractivity contribution is -0.117. The summed E-state index contributed by atoms with van der Waals surface area (Å²) in [5, 5.41) is 3.69. The van der Waals surface area contributed by atoms with Gasteiger partial charge < -0.3 is 10.2 Å². The average Bonchev–Trinajstić information content (AvgIpc) is 3.11. The zero-order valence-corrected chi connectivity index (χ0v) is 14.6. The summed E-state index contributed by atoms with van der Waals surface area (Å²) in [4.78, 5) is 12.3. The van der Waals surface area contributed by atoms with Crippen molar-refractivity contribution in [2.75, 3.05) is 13.6 Å². The van der Waals surface area contributed by atoms with Crippen molar-refractivity contribution in [1.29, 1.82) is 0 Å². The molecule has 0 aliphatic carbocycles. The number of amides is 1. The number of carbonyl (C=O) groups is 1. The van der Waals surface area contributed by atoms with Gasteiger partial charge in [-0.25, -0.2) is 4.39 Å². The smallest absolute Gasteiger partial charge is 0.209 e. The molecule has 1 N–H and O–H groups in total. The monoisotopic (exact) mass is 340 g/mol. The van der Waals surface area contributed by atoms with Crippen molar-refractivity contribution in [3.63, 3.8) is 0 Å². The van der Waals surface area contributed by atoms with Crippen molar-refractivity contribution >= 4 is 6.41 Å². The van der Waals surface area contributed by atoms with Gasteiger partial charge in [-0.15, -0.1) is 0 Å². The van der Waals surface area contributed by atoms with E-state index in [1.807, 2.05) is 31.3 Å². The van der Waals surface area contributed by atoms with E-state index in [-0.39, 0.29) is 5.82 Å². The quantitative estimate of drug-likeness (QED) is 0.768. The Hall–Kier alpha value is -2.20. The number of carbonyl (C=O) groups excluding carboxylic acids is 1. The number of halogens is 1. The highest BCUT2D eigenvalue weighted by atomic mass is 19.1. The van der Waals surface area contributed by atoms with E-state index in [0.717, 1.165) is 44.2 Å². The molecule has 2 aromatic carbocycles. The van der Waals surface area contributed by atoms with Crippen LogP contribution in [0.4, 0.5) is 4.39 Å². The van der Waals surface area contributed by atoms with Crippen LogP contribution in [0.15, 0.2) is 48.5 Å². The molecule has 3 rings (SSSR count). The molecule has 1 fully saturated rings. The molecule has 132 valence electrons. The van der Waals surface area contributed by atoms with Gasteiger partial charge in [0.1, 0.15) is 5.82 Å². The zero-order valence-electron chi connectivity index (χ0n) is 14.6. The fraction of sp³-hybridized carbons (Fsp3) is 0.381. The van der Waals surface area contributed by atoms with Crippen molar-refractivity contribution < 1.29 is 9.18 Å². The molecule has 3 nitrogen and oxygen atoms in total. The molecule has 1 amide bonds. The summed E-state index contributed by atoms with van der Waals surface area (Å²) in [6.45, 7) is 0.801. The lowest BCUT2D eigenvalue weighted by atomic mass is 9.98. The zero-order chi connectivity index (χ0) is 17.6. The minimum atomic E-state index is -0.184. The van der Waals surface area contributed by atoms with Crippen molar-refractivity contribution in [2.24, 2.45) is 0 Å². The molecule has 0 radical (unpaired) electrons. The van der Waals surface area contributed by atoms with Gasteiger partial charge in [0.2, 0.25) is 6.41 Å². The number of nitrogens with one attached hydrogen (secondary N) is 1. The Balaban J connectivity index is 1.63. The third-order valence-electron chi connectivity index (χ3n) is 4.96. The van der Waals surface area contributed by atoms with E-state index in [2.05, 4.69) is 17.4 Å². The van der Waals surface area contributed by atoms with Gasteiger partial charge in [-0.3, -0.25) is 4.79 Å². The molecule has 25 heavy (non-hydrogen) atoms. The van der Waals surface area contributed by atoms with E-state index in [1.54, 1.807) is 11.0 Å². The summed E-state index contributed by atoms with van der Waals surface area (Å²) in [6, 6.07) is 15.9. The molecule has 1 heterocycles. The second-order valence-corrected chi connectivity index (χ2v) is 6.83. The maximum Gasteiger partial charge on any atom is 0.209 e. The van der Waals surface area contributed by atoms with E-state index < -0.39 is 0 Å². The van der Waals surface area contributed by atoms with Crippen molar-refractivity contribution in [3.05, 3.63) is 59.9 Å². The van der Waals surface area contributed by atoms with Gasteiger partial charge in [0, 0.05) is 31.2 Å². The molecule has 0 bridgehead atoms. The first-order chi connectivity index (χ1) is 12.2. The van der Waals surface area contributed by atoms with Crippen LogP contribution in [0.3, 0.4) is 0 Å². The number of rotatable bonds is 7. The van der Waals surface area contributed by atoms with Gasteiger partial charge in [0.25, 0.3) is 0 Å². The first kappa shape index (κ1) is 17.6. The van der Waals surface area contributed by atoms with Gasteiger partial charge in [0.05, 0.1) is 0 Å². The molecular weight excluding hydrogens is 315 g/mol. The lowest BCUT2D eigenvalue weighted by Crippen LogP contribution is -2.26.